The molecular formula is C14H12BrF3O2. The summed E-state index contributed by atoms with van der Waals surface area (Å²) in [5, 5.41) is 0. The van der Waals surface area contributed by atoms with Gasteiger partial charge in [0.1, 0.15) is 6.10 Å². The van der Waals surface area contributed by atoms with E-state index >= 15 is 0 Å². The van der Waals surface area contributed by atoms with Gasteiger partial charge in [-0.2, -0.15) is 13.2 Å². The van der Waals surface area contributed by atoms with Crippen molar-refractivity contribution >= 4 is 21.9 Å². The van der Waals surface area contributed by atoms with Gasteiger partial charge >= 0.3 is 12.1 Å². The van der Waals surface area contributed by atoms with Crippen LogP contribution < -0.4 is 0 Å². The Hall–Kier alpha value is -1.30. The van der Waals surface area contributed by atoms with E-state index in [0.29, 0.717) is 10.0 Å². The van der Waals surface area contributed by atoms with Gasteiger partial charge in [0.05, 0.1) is 11.5 Å². The molecule has 2 atom stereocenters. The van der Waals surface area contributed by atoms with Crippen molar-refractivity contribution in [2.24, 2.45) is 5.92 Å². The number of allylic oxidation sites excluding steroid dienone is 1. The molecule has 0 radical (unpaired) electrons. The highest BCUT2D eigenvalue weighted by Gasteiger charge is 2.43. The molecule has 0 aliphatic heterocycles. The smallest absolute Gasteiger partial charge is 0.392 e. The van der Waals surface area contributed by atoms with Crippen molar-refractivity contribution in [2.45, 2.75) is 25.1 Å². The highest BCUT2D eigenvalue weighted by molar-refractivity contribution is 9.11. The first-order valence-corrected chi connectivity index (χ1v) is 6.85. The molecule has 0 aromatic heterocycles. The number of alkyl halides is 3. The van der Waals surface area contributed by atoms with Crippen LogP contribution in [0.3, 0.4) is 0 Å². The first-order chi connectivity index (χ1) is 9.38. The number of carbonyl (C=O) groups excluding carboxylic acids is 1. The quantitative estimate of drug-likeness (QED) is 0.737. The summed E-state index contributed by atoms with van der Waals surface area (Å²) in [6, 6.07) is 8.20. The highest BCUT2D eigenvalue weighted by atomic mass is 79.9. The predicted octanol–water partition coefficient (Wildman–Crippen LogP) is 4.46. The van der Waals surface area contributed by atoms with E-state index < -0.39 is 24.2 Å². The molecule has 1 aromatic carbocycles. The van der Waals surface area contributed by atoms with E-state index in [9.17, 15) is 18.0 Å². The first-order valence-electron chi connectivity index (χ1n) is 6.06. The number of benzene rings is 1. The van der Waals surface area contributed by atoms with Crippen LogP contribution in [0.4, 0.5) is 13.2 Å². The fourth-order valence-corrected chi connectivity index (χ4v) is 2.46. The molecule has 0 saturated carbocycles. The Bertz CT molecular complexity index is 511. The highest BCUT2D eigenvalue weighted by Crippen LogP contribution is 2.39. The van der Waals surface area contributed by atoms with E-state index in [1.807, 2.05) is 0 Å². The van der Waals surface area contributed by atoms with Gasteiger partial charge in [-0.05, 0) is 18.6 Å². The van der Waals surface area contributed by atoms with Gasteiger partial charge in [0, 0.05) is 10.9 Å². The average Bonchev–Trinajstić information content (AvgIpc) is 2.41. The van der Waals surface area contributed by atoms with E-state index in [1.165, 1.54) is 6.08 Å². The molecule has 20 heavy (non-hydrogen) atoms. The Balaban J connectivity index is 2.07. The van der Waals surface area contributed by atoms with Crippen LogP contribution in [0.15, 0.2) is 40.9 Å². The molecule has 6 heteroatoms. The minimum atomic E-state index is -4.28. The summed E-state index contributed by atoms with van der Waals surface area (Å²) in [5.74, 6) is -2.10. The van der Waals surface area contributed by atoms with Crippen molar-refractivity contribution in [1.29, 1.82) is 0 Å². The molecule has 108 valence electrons. The van der Waals surface area contributed by atoms with Gasteiger partial charge < -0.3 is 4.74 Å². The summed E-state index contributed by atoms with van der Waals surface area (Å²) in [6.07, 6.45) is -4.09. The van der Waals surface area contributed by atoms with Crippen LogP contribution in [0.25, 0.3) is 0 Å². The number of rotatable bonds is 2. The van der Waals surface area contributed by atoms with Crippen molar-refractivity contribution < 1.29 is 22.7 Å². The fourth-order valence-electron chi connectivity index (χ4n) is 2.00. The van der Waals surface area contributed by atoms with Crippen LogP contribution >= 0.6 is 15.9 Å². The number of carbonyl (C=O) groups is 1. The maximum atomic E-state index is 12.7. The molecule has 2 rings (SSSR count). The van der Waals surface area contributed by atoms with E-state index in [-0.39, 0.29) is 12.8 Å². The lowest BCUT2D eigenvalue weighted by Crippen LogP contribution is -2.32. The lowest BCUT2D eigenvalue weighted by atomic mass is 9.92. The lowest BCUT2D eigenvalue weighted by Gasteiger charge is -2.28. The SMILES string of the molecule is O=C(O[C@H]1C[C@H](C(F)(F)F)CC=C1Br)c1ccccc1. The number of halogens is 4. The van der Waals surface area contributed by atoms with Crippen LogP contribution in [0.5, 0.6) is 0 Å². The standard InChI is InChI=1S/C14H12BrF3O2/c15-11-7-6-10(14(16,17)18)8-12(11)20-13(19)9-4-2-1-3-5-9/h1-5,7,10,12H,6,8H2/t10-,12+/m1/s1. The molecular weight excluding hydrogens is 337 g/mol. The Kier molecular flexibility index (Phi) is 4.52. The fraction of sp³-hybridized carbons (Fsp3) is 0.357. The summed E-state index contributed by atoms with van der Waals surface area (Å²) in [7, 11) is 0. The molecule has 0 heterocycles. The van der Waals surface area contributed by atoms with E-state index in [4.69, 9.17) is 4.74 Å². The van der Waals surface area contributed by atoms with Gasteiger partial charge in [-0.1, -0.05) is 40.2 Å². The van der Waals surface area contributed by atoms with Crippen molar-refractivity contribution in [3.05, 3.63) is 46.5 Å². The topological polar surface area (TPSA) is 26.3 Å². The molecule has 0 fully saturated rings. The molecule has 0 bridgehead atoms. The second-order valence-corrected chi connectivity index (χ2v) is 5.47. The van der Waals surface area contributed by atoms with Gasteiger partial charge in [0.2, 0.25) is 0 Å². The number of hydrogen-bond acceptors (Lipinski definition) is 2. The van der Waals surface area contributed by atoms with Crippen LogP contribution in [-0.2, 0) is 4.74 Å². The minimum Gasteiger partial charge on any atom is -0.453 e. The normalized spacial score (nSPS) is 23.1. The lowest BCUT2D eigenvalue weighted by molar-refractivity contribution is -0.181. The summed E-state index contributed by atoms with van der Waals surface area (Å²) < 4.78 is 43.8. The van der Waals surface area contributed by atoms with Gasteiger partial charge in [-0.15, -0.1) is 0 Å². The van der Waals surface area contributed by atoms with Gasteiger partial charge in [0.25, 0.3) is 0 Å². The zero-order valence-electron chi connectivity index (χ0n) is 10.4. The summed E-state index contributed by atoms with van der Waals surface area (Å²) in [5.41, 5.74) is 0.321. The predicted molar refractivity (Wildman–Crippen MR) is 71.4 cm³/mol. The molecule has 1 aliphatic rings. The molecule has 0 saturated heterocycles. The van der Waals surface area contributed by atoms with Crippen molar-refractivity contribution in [2.75, 3.05) is 0 Å². The first kappa shape index (κ1) is 15.1. The van der Waals surface area contributed by atoms with E-state index in [2.05, 4.69) is 15.9 Å². The Labute approximate surface area is 122 Å². The van der Waals surface area contributed by atoms with Crippen molar-refractivity contribution in [3.8, 4) is 0 Å². The molecule has 1 aromatic rings. The van der Waals surface area contributed by atoms with Gasteiger partial charge in [-0.25, -0.2) is 4.79 Å². The zero-order valence-corrected chi connectivity index (χ0v) is 11.9. The summed E-state index contributed by atoms with van der Waals surface area (Å²) in [4.78, 5) is 11.9. The van der Waals surface area contributed by atoms with E-state index in [0.717, 1.165) is 0 Å². The van der Waals surface area contributed by atoms with E-state index in [1.54, 1.807) is 30.3 Å². The molecule has 0 spiro atoms. The Morgan fingerprint density at radius 3 is 2.50 bits per heavy atom. The second kappa shape index (κ2) is 5.99. The van der Waals surface area contributed by atoms with Crippen LogP contribution in [0.2, 0.25) is 0 Å². The Morgan fingerprint density at radius 1 is 1.25 bits per heavy atom. The molecule has 0 N–H and O–H groups in total. The Morgan fingerprint density at radius 2 is 1.90 bits per heavy atom. The molecule has 2 nitrogen and oxygen atoms in total. The number of esters is 1. The monoisotopic (exact) mass is 348 g/mol. The van der Waals surface area contributed by atoms with Crippen molar-refractivity contribution in [3.63, 3.8) is 0 Å². The van der Waals surface area contributed by atoms with Crippen LogP contribution in [-0.4, -0.2) is 18.2 Å². The van der Waals surface area contributed by atoms with Gasteiger partial charge in [-0.3, -0.25) is 0 Å². The van der Waals surface area contributed by atoms with Crippen LogP contribution in [0, 0.1) is 5.92 Å². The summed E-state index contributed by atoms with van der Waals surface area (Å²) >= 11 is 3.17. The maximum Gasteiger partial charge on any atom is 0.392 e. The third-order valence-corrected chi connectivity index (χ3v) is 3.96. The molecule has 0 amide bonds. The molecule has 1 aliphatic carbocycles. The summed E-state index contributed by atoms with van der Waals surface area (Å²) in [6.45, 7) is 0. The zero-order chi connectivity index (χ0) is 14.8. The minimum absolute atomic E-state index is 0.0938. The second-order valence-electron chi connectivity index (χ2n) is 4.56. The van der Waals surface area contributed by atoms with Gasteiger partial charge in [0.15, 0.2) is 0 Å². The third-order valence-electron chi connectivity index (χ3n) is 3.13. The molecule has 0 unspecified atom stereocenters. The largest absolute Gasteiger partial charge is 0.453 e. The third kappa shape index (κ3) is 3.62. The van der Waals surface area contributed by atoms with Crippen LogP contribution in [0.1, 0.15) is 23.2 Å². The number of hydrogen-bond donors (Lipinski definition) is 0. The van der Waals surface area contributed by atoms with Crippen molar-refractivity contribution in [1.82, 2.24) is 0 Å². The maximum absolute atomic E-state index is 12.7. The number of ether oxygens (including phenoxy) is 1. The average molecular weight is 349 g/mol.